The minimum atomic E-state index is -0.273. The molecule has 5 rings (SSSR count). The molecule has 0 radical (unpaired) electrons. The SMILES string of the molecule is CCCc1ccc(OC)c(-c2csc(NC(=O)c3ccc(C(=O)N4CCC(N5CCC(NC(C)=O)C5)CC4)cc3)n2)c1. The number of thiazole rings is 1. The molecule has 222 valence electrons. The van der Waals surface area contributed by atoms with Crippen LogP contribution in [0.4, 0.5) is 5.13 Å². The van der Waals surface area contributed by atoms with Crippen molar-refractivity contribution in [2.75, 3.05) is 38.6 Å². The third-order valence-electron chi connectivity index (χ3n) is 8.09. The van der Waals surface area contributed by atoms with Gasteiger partial charge in [0.1, 0.15) is 5.75 Å². The average molecular weight is 590 g/mol. The number of hydrogen-bond acceptors (Lipinski definition) is 7. The molecule has 0 bridgehead atoms. The summed E-state index contributed by atoms with van der Waals surface area (Å²) in [7, 11) is 1.64. The summed E-state index contributed by atoms with van der Waals surface area (Å²) in [6.07, 6.45) is 4.84. The standard InChI is InChI=1S/C32H39N5O4S/c1-4-5-22-6-11-29(41-3)27(18-22)28-20-42-32(34-28)35-30(39)23-7-9-24(10-8-23)31(40)36-16-13-26(14-17-36)37-15-12-25(19-37)33-21(2)38/h6-11,18,20,25-26H,4-5,12-17,19H2,1-3H3,(H,33,38)(H,34,35,39). The fraction of sp³-hybridized carbons (Fsp3) is 0.438. The fourth-order valence-corrected chi connectivity index (χ4v) is 6.63. The third-order valence-corrected chi connectivity index (χ3v) is 8.85. The lowest BCUT2D eigenvalue weighted by Gasteiger charge is -2.36. The molecule has 2 aliphatic rings. The molecular weight excluding hydrogens is 550 g/mol. The molecule has 2 fully saturated rings. The van der Waals surface area contributed by atoms with Gasteiger partial charge in [-0.1, -0.05) is 19.4 Å². The predicted octanol–water partition coefficient (Wildman–Crippen LogP) is 4.84. The summed E-state index contributed by atoms with van der Waals surface area (Å²) in [4.78, 5) is 46.5. The highest BCUT2D eigenvalue weighted by molar-refractivity contribution is 7.14. The zero-order chi connectivity index (χ0) is 29.6. The number of nitrogens with zero attached hydrogens (tertiary/aromatic N) is 3. The Morgan fingerprint density at radius 1 is 1.02 bits per heavy atom. The number of carbonyl (C=O) groups excluding carboxylic acids is 3. The molecule has 2 saturated heterocycles. The van der Waals surface area contributed by atoms with Crippen molar-refractivity contribution < 1.29 is 19.1 Å². The van der Waals surface area contributed by atoms with Crippen molar-refractivity contribution in [3.8, 4) is 17.0 Å². The molecule has 0 spiro atoms. The van der Waals surface area contributed by atoms with E-state index in [2.05, 4.69) is 39.6 Å². The number of ether oxygens (including phenoxy) is 1. The Morgan fingerprint density at radius 3 is 2.45 bits per heavy atom. The van der Waals surface area contributed by atoms with Gasteiger partial charge < -0.3 is 15.0 Å². The van der Waals surface area contributed by atoms with Crippen LogP contribution in [0.5, 0.6) is 5.75 Å². The Kier molecular flexibility index (Phi) is 9.54. The van der Waals surface area contributed by atoms with E-state index in [-0.39, 0.29) is 23.8 Å². The number of hydrogen-bond donors (Lipinski definition) is 2. The molecular formula is C32H39N5O4S. The van der Waals surface area contributed by atoms with Crippen LogP contribution < -0.4 is 15.4 Å². The van der Waals surface area contributed by atoms with Crippen LogP contribution >= 0.6 is 11.3 Å². The van der Waals surface area contributed by atoms with Gasteiger partial charge in [-0.3, -0.25) is 24.6 Å². The lowest BCUT2D eigenvalue weighted by Crippen LogP contribution is -2.47. The highest BCUT2D eigenvalue weighted by atomic mass is 32.1. The van der Waals surface area contributed by atoms with Crippen LogP contribution in [0, 0.1) is 0 Å². The van der Waals surface area contributed by atoms with Gasteiger partial charge in [-0.15, -0.1) is 11.3 Å². The Labute approximate surface area is 251 Å². The summed E-state index contributed by atoms with van der Waals surface area (Å²) in [6.45, 7) is 6.97. The normalized spacial score (nSPS) is 17.7. The first-order valence-electron chi connectivity index (χ1n) is 14.7. The van der Waals surface area contributed by atoms with Crippen LogP contribution in [0.2, 0.25) is 0 Å². The maximum atomic E-state index is 13.2. The van der Waals surface area contributed by atoms with Crippen LogP contribution in [-0.4, -0.2) is 77.9 Å². The minimum Gasteiger partial charge on any atom is -0.496 e. The van der Waals surface area contributed by atoms with E-state index in [0.29, 0.717) is 35.4 Å². The molecule has 10 heteroatoms. The predicted molar refractivity (Wildman–Crippen MR) is 165 cm³/mol. The smallest absolute Gasteiger partial charge is 0.257 e. The van der Waals surface area contributed by atoms with E-state index in [0.717, 1.165) is 62.2 Å². The highest BCUT2D eigenvalue weighted by Crippen LogP contribution is 2.33. The molecule has 3 aromatic rings. The van der Waals surface area contributed by atoms with Crippen molar-refractivity contribution in [2.45, 2.75) is 58.0 Å². The second-order valence-corrected chi connectivity index (χ2v) is 11.9. The minimum absolute atomic E-state index is 0.0123. The van der Waals surface area contributed by atoms with Crippen molar-refractivity contribution in [3.05, 3.63) is 64.5 Å². The highest BCUT2D eigenvalue weighted by Gasteiger charge is 2.32. The number of rotatable bonds is 9. The Balaban J connectivity index is 1.15. The van der Waals surface area contributed by atoms with Crippen molar-refractivity contribution >= 4 is 34.2 Å². The fourth-order valence-electron chi connectivity index (χ4n) is 5.93. The monoisotopic (exact) mass is 589 g/mol. The first kappa shape index (κ1) is 29.7. The summed E-state index contributed by atoms with van der Waals surface area (Å²) < 4.78 is 5.54. The number of aryl methyl sites for hydroxylation is 1. The Bertz CT molecular complexity index is 1410. The van der Waals surface area contributed by atoms with Gasteiger partial charge in [-0.05, 0) is 67.6 Å². The molecule has 2 aromatic carbocycles. The summed E-state index contributed by atoms with van der Waals surface area (Å²) in [5.41, 5.74) is 3.92. The van der Waals surface area contributed by atoms with E-state index in [1.165, 1.54) is 16.9 Å². The molecule has 0 saturated carbocycles. The topological polar surface area (TPSA) is 104 Å². The van der Waals surface area contributed by atoms with Gasteiger partial charge in [0.25, 0.3) is 11.8 Å². The van der Waals surface area contributed by atoms with Crippen LogP contribution in [-0.2, 0) is 11.2 Å². The van der Waals surface area contributed by atoms with Gasteiger partial charge in [-0.25, -0.2) is 4.98 Å². The molecule has 1 unspecified atom stereocenters. The number of carbonyl (C=O) groups is 3. The van der Waals surface area contributed by atoms with Crippen LogP contribution in [0.3, 0.4) is 0 Å². The molecule has 3 amide bonds. The van der Waals surface area contributed by atoms with Crippen molar-refractivity contribution in [1.29, 1.82) is 0 Å². The quantitative estimate of drug-likeness (QED) is 0.370. The molecule has 9 nitrogen and oxygen atoms in total. The van der Waals surface area contributed by atoms with Crippen molar-refractivity contribution in [1.82, 2.24) is 20.1 Å². The van der Waals surface area contributed by atoms with Crippen molar-refractivity contribution in [3.63, 3.8) is 0 Å². The number of anilines is 1. The Morgan fingerprint density at radius 2 is 1.76 bits per heavy atom. The summed E-state index contributed by atoms with van der Waals surface area (Å²) >= 11 is 1.36. The van der Waals surface area contributed by atoms with E-state index in [1.54, 1.807) is 38.3 Å². The van der Waals surface area contributed by atoms with E-state index in [9.17, 15) is 14.4 Å². The molecule has 2 N–H and O–H groups in total. The molecule has 2 aliphatic heterocycles. The molecule has 3 heterocycles. The zero-order valence-electron chi connectivity index (χ0n) is 24.5. The van der Waals surface area contributed by atoms with Gasteiger partial charge >= 0.3 is 0 Å². The number of nitrogens with one attached hydrogen (secondary N) is 2. The summed E-state index contributed by atoms with van der Waals surface area (Å²) in [6, 6.07) is 13.6. The first-order valence-corrected chi connectivity index (χ1v) is 15.6. The maximum Gasteiger partial charge on any atom is 0.257 e. The van der Waals surface area contributed by atoms with Crippen LogP contribution in [0.25, 0.3) is 11.3 Å². The molecule has 42 heavy (non-hydrogen) atoms. The Hall–Kier alpha value is -3.76. The van der Waals surface area contributed by atoms with Gasteiger partial charge in [0.05, 0.1) is 12.8 Å². The first-order chi connectivity index (χ1) is 20.3. The van der Waals surface area contributed by atoms with Crippen LogP contribution in [0.15, 0.2) is 47.8 Å². The van der Waals surface area contributed by atoms with Gasteiger partial charge in [0.2, 0.25) is 5.91 Å². The number of piperidine rings is 1. The second-order valence-electron chi connectivity index (χ2n) is 11.1. The van der Waals surface area contributed by atoms with E-state index < -0.39 is 0 Å². The number of benzene rings is 2. The van der Waals surface area contributed by atoms with Gasteiger partial charge in [0.15, 0.2) is 5.13 Å². The van der Waals surface area contributed by atoms with Gasteiger partial charge in [0, 0.05) is 67.3 Å². The molecule has 1 aromatic heterocycles. The zero-order valence-corrected chi connectivity index (χ0v) is 25.3. The maximum absolute atomic E-state index is 13.2. The van der Waals surface area contributed by atoms with Crippen LogP contribution in [0.1, 0.15) is 65.8 Å². The number of methoxy groups -OCH3 is 1. The van der Waals surface area contributed by atoms with E-state index >= 15 is 0 Å². The van der Waals surface area contributed by atoms with Crippen molar-refractivity contribution in [2.24, 2.45) is 0 Å². The average Bonchev–Trinajstić information content (AvgIpc) is 3.66. The van der Waals surface area contributed by atoms with Gasteiger partial charge in [-0.2, -0.15) is 0 Å². The number of aromatic nitrogens is 1. The lowest BCUT2D eigenvalue weighted by atomic mass is 10.0. The number of likely N-dealkylation sites (tertiary alicyclic amines) is 2. The summed E-state index contributed by atoms with van der Waals surface area (Å²) in [5.74, 6) is 0.481. The third kappa shape index (κ3) is 6.99. The number of amides is 3. The van der Waals surface area contributed by atoms with E-state index in [1.807, 2.05) is 16.3 Å². The second kappa shape index (κ2) is 13.5. The molecule has 0 aliphatic carbocycles. The van der Waals surface area contributed by atoms with E-state index in [4.69, 9.17) is 4.74 Å². The summed E-state index contributed by atoms with van der Waals surface area (Å²) in [5, 5.41) is 8.33. The largest absolute Gasteiger partial charge is 0.496 e. The lowest BCUT2D eigenvalue weighted by molar-refractivity contribution is -0.119. The molecule has 1 atom stereocenters.